The van der Waals surface area contributed by atoms with Gasteiger partial charge < -0.3 is 4.57 Å². The van der Waals surface area contributed by atoms with E-state index in [1.165, 1.54) is 0 Å². The molecule has 3 heterocycles. The van der Waals surface area contributed by atoms with Gasteiger partial charge in [-0.2, -0.15) is 0 Å². The summed E-state index contributed by atoms with van der Waals surface area (Å²) in [7, 11) is 0. The molecule has 0 amide bonds. The molecule has 0 bridgehead atoms. The second-order valence-corrected chi connectivity index (χ2v) is 6.77. The smallest absolute Gasteiger partial charge is 0.161 e. The van der Waals surface area contributed by atoms with Crippen LogP contribution in [-0.2, 0) is 12.0 Å². The van der Waals surface area contributed by atoms with Crippen LogP contribution in [0.1, 0.15) is 30.2 Å². The Labute approximate surface area is 132 Å². The highest BCUT2D eigenvalue weighted by molar-refractivity contribution is 7.09. The van der Waals surface area contributed by atoms with E-state index in [-0.39, 0.29) is 5.54 Å². The SMILES string of the molecule is Cc1ccnc2c1nc(CCCl)n2C(C)(C)c1nccs1. The summed E-state index contributed by atoms with van der Waals surface area (Å²) in [6, 6.07) is 1.99. The number of aromatic nitrogens is 4. The van der Waals surface area contributed by atoms with Crippen molar-refractivity contribution in [2.45, 2.75) is 32.7 Å². The summed E-state index contributed by atoms with van der Waals surface area (Å²) >= 11 is 7.61. The lowest BCUT2D eigenvalue weighted by Crippen LogP contribution is -2.29. The molecule has 110 valence electrons. The quantitative estimate of drug-likeness (QED) is 0.687. The van der Waals surface area contributed by atoms with E-state index < -0.39 is 0 Å². The molecule has 0 fully saturated rings. The van der Waals surface area contributed by atoms with Crippen LogP contribution < -0.4 is 0 Å². The summed E-state index contributed by atoms with van der Waals surface area (Å²) in [5.74, 6) is 1.50. The van der Waals surface area contributed by atoms with E-state index in [4.69, 9.17) is 16.6 Å². The maximum Gasteiger partial charge on any atom is 0.161 e. The molecule has 0 aliphatic rings. The molecule has 0 radical (unpaired) electrons. The number of fused-ring (bicyclic) bond motifs is 1. The first-order chi connectivity index (χ1) is 10.1. The predicted octanol–water partition coefficient (Wildman–Crippen LogP) is 3.76. The summed E-state index contributed by atoms with van der Waals surface area (Å²) in [6.45, 7) is 6.35. The Balaban J connectivity index is 2.29. The Morgan fingerprint density at radius 3 is 2.76 bits per heavy atom. The fraction of sp³-hybridized carbons (Fsp3) is 0.400. The van der Waals surface area contributed by atoms with Crippen LogP contribution in [0, 0.1) is 6.92 Å². The number of hydrogen-bond donors (Lipinski definition) is 0. The maximum absolute atomic E-state index is 5.96. The number of pyridine rings is 1. The Hall–Kier alpha value is -1.46. The van der Waals surface area contributed by atoms with E-state index in [9.17, 15) is 0 Å². The molecule has 0 spiro atoms. The van der Waals surface area contributed by atoms with Gasteiger partial charge in [-0.3, -0.25) is 0 Å². The highest BCUT2D eigenvalue weighted by atomic mass is 35.5. The van der Waals surface area contributed by atoms with Crippen LogP contribution in [-0.4, -0.2) is 25.4 Å². The Bertz CT molecular complexity index is 761. The molecule has 0 unspecified atom stereocenters. The average Bonchev–Trinajstić information content (AvgIpc) is 3.06. The van der Waals surface area contributed by atoms with Crippen LogP contribution in [0.2, 0.25) is 0 Å². The molecular weight excluding hydrogens is 304 g/mol. The topological polar surface area (TPSA) is 43.6 Å². The van der Waals surface area contributed by atoms with Gasteiger partial charge in [0.2, 0.25) is 0 Å². The summed E-state index contributed by atoms with van der Waals surface area (Å²) in [4.78, 5) is 13.8. The first kappa shape index (κ1) is 14.5. The minimum atomic E-state index is -0.300. The molecule has 0 aromatic carbocycles. The van der Waals surface area contributed by atoms with Gasteiger partial charge in [-0.1, -0.05) is 0 Å². The van der Waals surface area contributed by atoms with Gasteiger partial charge in [0.1, 0.15) is 16.3 Å². The van der Waals surface area contributed by atoms with E-state index in [1.54, 1.807) is 11.3 Å². The third-order valence-electron chi connectivity index (χ3n) is 3.65. The van der Waals surface area contributed by atoms with Gasteiger partial charge in [-0.25, -0.2) is 15.0 Å². The zero-order valence-electron chi connectivity index (χ0n) is 12.3. The second kappa shape index (κ2) is 5.39. The number of alkyl halides is 1. The molecule has 3 aromatic rings. The molecule has 3 aromatic heterocycles. The van der Waals surface area contributed by atoms with Crippen molar-refractivity contribution in [3.05, 3.63) is 40.2 Å². The van der Waals surface area contributed by atoms with E-state index in [2.05, 4.69) is 35.3 Å². The number of rotatable bonds is 4. The maximum atomic E-state index is 5.96. The van der Waals surface area contributed by atoms with E-state index in [0.717, 1.165) is 27.6 Å². The van der Waals surface area contributed by atoms with Gasteiger partial charge in [0.15, 0.2) is 5.65 Å². The number of nitrogens with zero attached hydrogens (tertiary/aromatic N) is 4. The van der Waals surface area contributed by atoms with Crippen LogP contribution in [0.3, 0.4) is 0 Å². The Kier molecular flexibility index (Phi) is 3.71. The van der Waals surface area contributed by atoms with Crippen LogP contribution in [0.15, 0.2) is 23.8 Å². The monoisotopic (exact) mass is 320 g/mol. The van der Waals surface area contributed by atoms with Gasteiger partial charge in [-0.15, -0.1) is 22.9 Å². The van der Waals surface area contributed by atoms with Crippen molar-refractivity contribution in [1.82, 2.24) is 19.5 Å². The van der Waals surface area contributed by atoms with Crippen molar-refractivity contribution >= 4 is 34.1 Å². The summed E-state index contributed by atoms with van der Waals surface area (Å²) < 4.78 is 2.18. The Morgan fingerprint density at radius 2 is 2.10 bits per heavy atom. The zero-order valence-corrected chi connectivity index (χ0v) is 13.9. The van der Waals surface area contributed by atoms with Gasteiger partial charge in [0, 0.05) is 30.1 Å². The summed E-state index contributed by atoms with van der Waals surface area (Å²) in [6.07, 6.45) is 4.38. The zero-order chi connectivity index (χ0) is 15.0. The van der Waals surface area contributed by atoms with Crippen LogP contribution in [0.25, 0.3) is 11.2 Å². The normalized spacial score (nSPS) is 12.2. The predicted molar refractivity (Wildman–Crippen MR) is 87.2 cm³/mol. The van der Waals surface area contributed by atoms with Gasteiger partial charge in [-0.05, 0) is 32.4 Å². The second-order valence-electron chi connectivity index (χ2n) is 5.50. The average molecular weight is 321 g/mol. The fourth-order valence-corrected chi connectivity index (χ4v) is 3.52. The minimum absolute atomic E-state index is 0.300. The lowest BCUT2D eigenvalue weighted by Gasteiger charge is -2.26. The minimum Gasteiger partial charge on any atom is -0.300 e. The van der Waals surface area contributed by atoms with Crippen molar-refractivity contribution in [3.8, 4) is 0 Å². The van der Waals surface area contributed by atoms with Crippen molar-refractivity contribution in [2.75, 3.05) is 5.88 Å². The van der Waals surface area contributed by atoms with E-state index in [1.807, 2.05) is 23.8 Å². The largest absolute Gasteiger partial charge is 0.300 e. The van der Waals surface area contributed by atoms with Crippen LogP contribution in [0.5, 0.6) is 0 Å². The number of hydrogen-bond acceptors (Lipinski definition) is 4. The van der Waals surface area contributed by atoms with Crippen LogP contribution >= 0.6 is 22.9 Å². The third-order valence-corrected chi connectivity index (χ3v) is 4.93. The van der Waals surface area contributed by atoms with Crippen molar-refractivity contribution < 1.29 is 0 Å². The number of thiazole rings is 1. The molecule has 0 saturated carbocycles. The van der Waals surface area contributed by atoms with Crippen molar-refractivity contribution in [3.63, 3.8) is 0 Å². The first-order valence-electron chi connectivity index (χ1n) is 6.85. The van der Waals surface area contributed by atoms with E-state index >= 15 is 0 Å². The number of imidazole rings is 1. The Morgan fingerprint density at radius 1 is 1.29 bits per heavy atom. The fourth-order valence-electron chi connectivity index (χ4n) is 2.60. The number of aryl methyl sites for hydroxylation is 2. The van der Waals surface area contributed by atoms with Crippen molar-refractivity contribution in [2.24, 2.45) is 0 Å². The highest BCUT2D eigenvalue weighted by Gasteiger charge is 2.31. The van der Waals surface area contributed by atoms with Gasteiger partial charge in [0.05, 0.1) is 5.54 Å². The van der Waals surface area contributed by atoms with E-state index in [0.29, 0.717) is 12.3 Å². The third kappa shape index (κ3) is 2.34. The highest BCUT2D eigenvalue weighted by Crippen LogP contribution is 2.32. The lowest BCUT2D eigenvalue weighted by atomic mass is 10.1. The van der Waals surface area contributed by atoms with Gasteiger partial charge in [0.25, 0.3) is 0 Å². The number of halogens is 1. The molecule has 0 atom stereocenters. The summed E-state index contributed by atoms with van der Waals surface area (Å²) in [5.41, 5.74) is 2.67. The molecule has 0 aliphatic heterocycles. The summed E-state index contributed by atoms with van der Waals surface area (Å²) in [5, 5.41) is 3.04. The molecule has 0 aliphatic carbocycles. The van der Waals surface area contributed by atoms with Crippen molar-refractivity contribution in [1.29, 1.82) is 0 Å². The molecule has 4 nitrogen and oxygen atoms in total. The molecule has 21 heavy (non-hydrogen) atoms. The lowest BCUT2D eigenvalue weighted by molar-refractivity contribution is 0.429. The molecule has 0 N–H and O–H groups in total. The first-order valence-corrected chi connectivity index (χ1v) is 8.26. The molecular formula is C15H17ClN4S. The van der Waals surface area contributed by atoms with Crippen LogP contribution in [0.4, 0.5) is 0 Å². The molecule has 0 saturated heterocycles. The molecule has 6 heteroatoms. The standard InChI is InChI=1S/C15H17ClN4S/c1-10-5-7-17-13-12(10)19-11(4-6-16)20(13)15(2,3)14-18-8-9-21-14/h5,7-9H,4,6H2,1-3H3. The molecule has 3 rings (SSSR count). The van der Waals surface area contributed by atoms with Gasteiger partial charge >= 0.3 is 0 Å².